The molecule has 0 bridgehead atoms. The minimum Gasteiger partial charge on any atom is -0.308 e. The smallest absolute Gasteiger partial charge is 0.130 e. The standard InChI is InChI=1S/C17H14F2N2/c18-15-7-2-8-16(19)14(15)11-20-10-13-5-1-4-12-6-3-9-21-17(12)13/h1-9,20H,10-11H2. The van der Waals surface area contributed by atoms with Crippen molar-refractivity contribution < 1.29 is 8.78 Å². The molecule has 0 aliphatic rings. The molecule has 3 aromatic rings. The highest BCUT2D eigenvalue weighted by Gasteiger charge is 2.08. The lowest BCUT2D eigenvalue weighted by Crippen LogP contribution is -2.15. The van der Waals surface area contributed by atoms with Gasteiger partial charge in [0.1, 0.15) is 11.6 Å². The molecule has 0 aliphatic carbocycles. The number of nitrogens with zero attached hydrogens (tertiary/aromatic N) is 1. The van der Waals surface area contributed by atoms with Gasteiger partial charge in [0, 0.05) is 30.2 Å². The average Bonchev–Trinajstić information content (AvgIpc) is 2.50. The summed E-state index contributed by atoms with van der Waals surface area (Å²) in [7, 11) is 0. The minimum atomic E-state index is -0.529. The molecule has 2 aromatic carbocycles. The molecule has 0 spiro atoms. The number of nitrogens with one attached hydrogen (secondary N) is 1. The summed E-state index contributed by atoms with van der Waals surface area (Å²) < 4.78 is 27.1. The zero-order valence-corrected chi connectivity index (χ0v) is 11.3. The molecule has 0 atom stereocenters. The van der Waals surface area contributed by atoms with Crippen LogP contribution in [-0.4, -0.2) is 4.98 Å². The topological polar surface area (TPSA) is 24.9 Å². The molecule has 4 heteroatoms. The van der Waals surface area contributed by atoms with Gasteiger partial charge in [0.05, 0.1) is 5.52 Å². The Hall–Kier alpha value is -2.33. The molecule has 0 aliphatic heterocycles. The molecule has 0 unspecified atom stereocenters. The number of para-hydroxylation sites is 1. The van der Waals surface area contributed by atoms with Crippen molar-refractivity contribution in [2.24, 2.45) is 0 Å². The Kier molecular flexibility index (Phi) is 3.88. The van der Waals surface area contributed by atoms with Gasteiger partial charge >= 0.3 is 0 Å². The van der Waals surface area contributed by atoms with Gasteiger partial charge in [0.25, 0.3) is 0 Å². The van der Waals surface area contributed by atoms with E-state index in [1.165, 1.54) is 18.2 Å². The zero-order valence-electron chi connectivity index (χ0n) is 11.3. The van der Waals surface area contributed by atoms with Gasteiger partial charge in [0.2, 0.25) is 0 Å². The summed E-state index contributed by atoms with van der Waals surface area (Å²) in [6.07, 6.45) is 1.74. The first kappa shape index (κ1) is 13.6. The van der Waals surface area contributed by atoms with Crippen molar-refractivity contribution in [2.45, 2.75) is 13.1 Å². The maximum atomic E-state index is 13.5. The number of pyridine rings is 1. The summed E-state index contributed by atoms with van der Waals surface area (Å²) in [4.78, 5) is 4.35. The van der Waals surface area contributed by atoms with Crippen molar-refractivity contribution >= 4 is 10.9 Å². The number of hydrogen-bond donors (Lipinski definition) is 1. The first-order valence-corrected chi connectivity index (χ1v) is 6.72. The lowest BCUT2D eigenvalue weighted by Gasteiger charge is -2.09. The van der Waals surface area contributed by atoms with Crippen LogP contribution in [0.5, 0.6) is 0 Å². The summed E-state index contributed by atoms with van der Waals surface area (Å²) in [6.45, 7) is 0.643. The Morgan fingerprint density at radius 2 is 1.57 bits per heavy atom. The Balaban J connectivity index is 1.76. The van der Waals surface area contributed by atoms with Crippen LogP contribution >= 0.6 is 0 Å². The number of benzene rings is 2. The molecule has 0 saturated carbocycles. The molecule has 21 heavy (non-hydrogen) atoms. The van der Waals surface area contributed by atoms with Crippen LogP contribution in [0.25, 0.3) is 10.9 Å². The van der Waals surface area contributed by atoms with Gasteiger partial charge < -0.3 is 5.32 Å². The molecule has 1 N–H and O–H groups in total. The van der Waals surface area contributed by atoms with Crippen LogP contribution < -0.4 is 5.32 Å². The van der Waals surface area contributed by atoms with Gasteiger partial charge in [-0.2, -0.15) is 0 Å². The maximum absolute atomic E-state index is 13.5. The highest BCUT2D eigenvalue weighted by atomic mass is 19.1. The number of halogens is 2. The maximum Gasteiger partial charge on any atom is 0.130 e. The van der Waals surface area contributed by atoms with Crippen LogP contribution in [0.15, 0.2) is 54.7 Å². The van der Waals surface area contributed by atoms with E-state index in [0.29, 0.717) is 6.54 Å². The monoisotopic (exact) mass is 284 g/mol. The van der Waals surface area contributed by atoms with Crippen molar-refractivity contribution in [1.29, 1.82) is 0 Å². The summed E-state index contributed by atoms with van der Waals surface area (Å²) in [5, 5.41) is 4.12. The number of fused-ring (bicyclic) bond motifs is 1. The number of rotatable bonds is 4. The summed E-state index contributed by atoms with van der Waals surface area (Å²) in [6, 6.07) is 13.7. The Bertz CT molecular complexity index is 746. The van der Waals surface area contributed by atoms with Gasteiger partial charge in [-0.3, -0.25) is 4.98 Å². The van der Waals surface area contributed by atoms with Crippen LogP contribution in [0.3, 0.4) is 0 Å². The lowest BCUT2D eigenvalue weighted by molar-refractivity contribution is 0.535. The summed E-state index contributed by atoms with van der Waals surface area (Å²) in [5.74, 6) is -1.06. The number of aromatic nitrogens is 1. The van der Waals surface area contributed by atoms with E-state index in [2.05, 4.69) is 10.3 Å². The van der Waals surface area contributed by atoms with Gasteiger partial charge in [-0.05, 0) is 23.8 Å². The first-order chi connectivity index (χ1) is 10.3. The van der Waals surface area contributed by atoms with Crippen molar-refractivity contribution in [3.8, 4) is 0 Å². The second-order valence-corrected chi connectivity index (χ2v) is 4.80. The second kappa shape index (κ2) is 5.97. The third kappa shape index (κ3) is 2.90. The predicted molar refractivity (Wildman–Crippen MR) is 78.6 cm³/mol. The van der Waals surface area contributed by atoms with Crippen LogP contribution in [0.4, 0.5) is 8.78 Å². The SMILES string of the molecule is Fc1cccc(F)c1CNCc1cccc2cccnc12. The Morgan fingerprint density at radius 3 is 2.38 bits per heavy atom. The van der Waals surface area contributed by atoms with E-state index in [9.17, 15) is 8.78 Å². The molecular formula is C17H14F2N2. The zero-order chi connectivity index (χ0) is 14.7. The van der Waals surface area contributed by atoms with E-state index < -0.39 is 11.6 Å². The largest absolute Gasteiger partial charge is 0.308 e. The molecule has 0 saturated heterocycles. The molecule has 1 aromatic heterocycles. The van der Waals surface area contributed by atoms with Crippen molar-refractivity contribution in [1.82, 2.24) is 10.3 Å². The second-order valence-electron chi connectivity index (χ2n) is 4.80. The Labute approximate surface area is 121 Å². The minimum absolute atomic E-state index is 0.0608. The van der Waals surface area contributed by atoms with E-state index in [-0.39, 0.29) is 12.1 Å². The fourth-order valence-electron chi connectivity index (χ4n) is 2.33. The summed E-state index contributed by atoms with van der Waals surface area (Å²) in [5.41, 5.74) is 1.97. The van der Waals surface area contributed by atoms with Crippen LogP contribution in [0.2, 0.25) is 0 Å². The molecule has 106 valence electrons. The highest BCUT2D eigenvalue weighted by molar-refractivity contribution is 5.81. The van der Waals surface area contributed by atoms with E-state index >= 15 is 0 Å². The third-order valence-corrected chi connectivity index (χ3v) is 3.40. The fraction of sp³-hybridized carbons (Fsp3) is 0.118. The lowest BCUT2D eigenvalue weighted by atomic mass is 10.1. The fourth-order valence-corrected chi connectivity index (χ4v) is 2.33. The summed E-state index contributed by atoms with van der Waals surface area (Å²) >= 11 is 0. The van der Waals surface area contributed by atoms with Crippen molar-refractivity contribution in [2.75, 3.05) is 0 Å². The first-order valence-electron chi connectivity index (χ1n) is 6.72. The van der Waals surface area contributed by atoms with Gasteiger partial charge in [-0.1, -0.05) is 30.3 Å². The van der Waals surface area contributed by atoms with E-state index in [1.807, 2.05) is 30.3 Å². The van der Waals surface area contributed by atoms with Crippen molar-refractivity contribution in [3.05, 3.63) is 77.5 Å². The molecule has 1 heterocycles. The molecular weight excluding hydrogens is 270 g/mol. The predicted octanol–water partition coefficient (Wildman–Crippen LogP) is 3.80. The van der Waals surface area contributed by atoms with E-state index in [4.69, 9.17) is 0 Å². The normalized spacial score (nSPS) is 11.0. The average molecular weight is 284 g/mol. The molecule has 2 nitrogen and oxygen atoms in total. The van der Waals surface area contributed by atoms with Gasteiger partial charge in [-0.15, -0.1) is 0 Å². The van der Waals surface area contributed by atoms with Crippen LogP contribution in [0, 0.1) is 11.6 Å². The van der Waals surface area contributed by atoms with Gasteiger partial charge in [0.15, 0.2) is 0 Å². The van der Waals surface area contributed by atoms with Gasteiger partial charge in [-0.25, -0.2) is 8.78 Å². The molecule has 0 fully saturated rings. The highest BCUT2D eigenvalue weighted by Crippen LogP contribution is 2.16. The quantitative estimate of drug-likeness (QED) is 0.788. The van der Waals surface area contributed by atoms with Crippen LogP contribution in [0.1, 0.15) is 11.1 Å². The van der Waals surface area contributed by atoms with Crippen LogP contribution in [-0.2, 0) is 13.1 Å². The number of hydrogen-bond acceptors (Lipinski definition) is 2. The van der Waals surface area contributed by atoms with E-state index in [0.717, 1.165) is 16.5 Å². The van der Waals surface area contributed by atoms with E-state index in [1.54, 1.807) is 6.20 Å². The Morgan fingerprint density at radius 1 is 0.857 bits per heavy atom. The molecule has 0 radical (unpaired) electrons. The molecule has 3 rings (SSSR count). The molecule has 0 amide bonds. The van der Waals surface area contributed by atoms with Crippen molar-refractivity contribution in [3.63, 3.8) is 0 Å². The third-order valence-electron chi connectivity index (χ3n) is 3.40.